The number of nitrogens with zero attached hydrogens (tertiary/aromatic N) is 1. The van der Waals surface area contributed by atoms with Crippen LogP contribution < -0.4 is 5.73 Å². The third-order valence-corrected chi connectivity index (χ3v) is 3.69. The molecule has 1 heterocycles. The average molecular weight is 301 g/mol. The summed E-state index contributed by atoms with van der Waals surface area (Å²) in [6.45, 7) is 0.185. The summed E-state index contributed by atoms with van der Waals surface area (Å²) in [7, 11) is 0. The van der Waals surface area contributed by atoms with Gasteiger partial charge in [-0.3, -0.25) is 9.59 Å². The molecule has 108 valence electrons. The lowest BCUT2D eigenvalue weighted by Crippen LogP contribution is -2.57. The second-order valence-corrected chi connectivity index (χ2v) is 5.26. The molecule has 0 unspecified atom stereocenters. The van der Waals surface area contributed by atoms with E-state index >= 15 is 0 Å². The first-order chi connectivity index (χ1) is 9.33. The summed E-state index contributed by atoms with van der Waals surface area (Å²) in [5.74, 6) is -2.03. The van der Waals surface area contributed by atoms with Crippen LogP contribution in [-0.4, -0.2) is 40.5 Å². The van der Waals surface area contributed by atoms with E-state index in [9.17, 15) is 19.1 Å². The second-order valence-electron chi connectivity index (χ2n) is 4.85. The van der Waals surface area contributed by atoms with Gasteiger partial charge in [0.05, 0.1) is 11.6 Å². The van der Waals surface area contributed by atoms with Crippen molar-refractivity contribution in [3.63, 3.8) is 0 Å². The van der Waals surface area contributed by atoms with E-state index in [1.807, 2.05) is 0 Å². The van der Waals surface area contributed by atoms with Crippen LogP contribution in [0.4, 0.5) is 4.39 Å². The van der Waals surface area contributed by atoms with Crippen LogP contribution in [0.15, 0.2) is 18.2 Å². The molecule has 20 heavy (non-hydrogen) atoms. The highest BCUT2D eigenvalue weighted by Crippen LogP contribution is 2.23. The van der Waals surface area contributed by atoms with Crippen molar-refractivity contribution in [3.05, 3.63) is 34.6 Å². The van der Waals surface area contributed by atoms with Crippen molar-refractivity contribution in [1.82, 2.24) is 4.90 Å². The second kappa shape index (κ2) is 5.38. The Bertz CT molecular complexity index is 567. The van der Waals surface area contributed by atoms with Crippen molar-refractivity contribution < 1.29 is 19.1 Å². The van der Waals surface area contributed by atoms with Gasteiger partial charge in [0.15, 0.2) is 5.60 Å². The Morgan fingerprint density at radius 3 is 2.75 bits per heavy atom. The van der Waals surface area contributed by atoms with Crippen molar-refractivity contribution in [2.75, 3.05) is 13.1 Å². The van der Waals surface area contributed by atoms with Crippen molar-refractivity contribution in [3.8, 4) is 0 Å². The molecule has 0 radical (unpaired) electrons. The zero-order valence-corrected chi connectivity index (χ0v) is 11.4. The number of amides is 2. The van der Waals surface area contributed by atoms with Gasteiger partial charge in [-0.25, -0.2) is 4.39 Å². The number of nitrogens with two attached hydrogens (primary N) is 1. The number of halogens is 2. The first-order valence-corrected chi connectivity index (χ1v) is 6.48. The Morgan fingerprint density at radius 2 is 2.15 bits per heavy atom. The standard InChI is InChI=1S/C13H14ClFN2O3/c14-9-3-2-8(6-10(9)15)11(18)17-5-1-4-13(20,7-17)12(16)19/h2-3,6,20H,1,4-5,7H2,(H2,16,19)/t13-/m1/s1. The lowest BCUT2D eigenvalue weighted by molar-refractivity contribution is -0.140. The van der Waals surface area contributed by atoms with E-state index in [-0.39, 0.29) is 23.6 Å². The highest BCUT2D eigenvalue weighted by molar-refractivity contribution is 6.30. The van der Waals surface area contributed by atoms with E-state index in [0.717, 1.165) is 6.07 Å². The highest BCUT2D eigenvalue weighted by Gasteiger charge is 2.40. The quantitative estimate of drug-likeness (QED) is 0.852. The van der Waals surface area contributed by atoms with Crippen molar-refractivity contribution in [2.45, 2.75) is 18.4 Å². The number of β-amino-alcohol motifs (C(OH)–C–C–N with tert-alkyl or cyclic N) is 1. The van der Waals surface area contributed by atoms with Crippen LogP contribution >= 0.6 is 11.6 Å². The van der Waals surface area contributed by atoms with E-state index in [4.69, 9.17) is 17.3 Å². The third kappa shape index (κ3) is 2.76. The molecule has 7 heteroatoms. The van der Waals surface area contributed by atoms with E-state index < -0.39 is 23.2 Å². The molecule has 0 bridgehead atoms. The van der Waals surface area contributed by atoms with Crippen molar-refractivity contribution in [1.29, 1.82) is 0 Å². The fraction of sp³-hybridized carbons (Fsp3) is 0.385. The number of hydrogen-bond acceptors (Lipinski definition) is 3. The molecule has 2 rings (SSSR count). The van der Waals surface area contributed by atoms with Gasteiger partial charge < -0.3 is 15.7 Å². The van der Waals surface area contributed by atoms with Gasteiger partial charge in [-0.05, 0) is 31.0 Å². The summed E-state index contributed by atoms with van der Waals surface area (Å²) in [4.78, 5) is 24.8. The Morgan fingerprint density at radius 1 is 1.45 bits per heavy atom. The predicted molar refractivity (Wildman–Crippen MR) is 70.7 cm³/mol. The number of carbonyl (C=O) groups excluding carboxylic acids is 2. The van der Waals surface area contributed by atoms with Crippen LogP contribution in [-0.2, 0) is 4.79 Å². The highest BCUT2D eigenvalue weighted by atomic mass is 35.5. The monoisotopic (exact) mass is 300 g/mol. The molecule has 1 saturated heterocycles. The minimum absolute atomic E-state index is 0.0752. The van der Waals surface area contributed by atoms with Crippen molar-refractivity contribution >= 4 is 23.4 Å². The Balaban J connectivity index is 2.20. The molecule has 5 nitrogen and oxygen atoms in total. The van der Waals surface area contributed by atoms with Crippen LogP contribution in [0.5, 0.6) is 0 Å². The predicted octanol–water partition coefficient (Wildman–Crippen LogP) is 0.931. The maximum Gasteiger partial charge on any atom is 0.254 e. The number of carbonyl (C=O) groups is 2. The zero-order valence-electron chi connectivity index (χ0n) is 10.6. The lowest BCUT2D eigenvalue weighted by atomic mass is 9.92. The number of primary amides is 1. The van der Waals surface area contributed by atoms with Crippen LogP contribution in [0, 0.1) is 5.82 Å². The molecular weight excluding hydrogens is 287 g/mol. The maximum atomic E-state index is 13.4. The van der Waals surface area contributed by atoms with Crippen LogP contribution in [0.1, 0.15) is 23.2 Å². The average Bonchev–Trinajstić information content (AvgIpc) is 2.41. The summed E-state index contributed by atoms with van der Waals surface area (Å²) in [6, 6.07) is 3.71. The lowest BCUT2D eigenvalue weighted by Gasteiger charge is -2.37. The molecule has 2 amide bonds. The number of likely N-dealkylation sites (tertiary alicyclic amines) is 1. The SMILES string of the molecule is NC(=O)[C@@]1(O)CCCN(C(=O)c2ccc(Cl)c(F)c2)C1. The van der Waals surface area contributed by atoms with Gasteiger partial charge in [0, 0.05) is 12.1 Å². The molecule has 0 aliphatic carbocycles. The van der Waals surface area contributed by atoms with Crippen LogP contribution in [0.2, 0.25) is 5.02 Å². The molecule has 1 atom stereocenters. The first kappa shape index (κ1) is 14.7. The number of rotatable bonds is 2. The maximum absolute atomic E-state index is 13.4. The van der Waals surface area contributed by atoms with Crippen LogP contribution in [0.25, 0.3) is 0 Å². The third-order valence-electron chi connectivity index (χ3n) is 3.38. The minimum atomic E-state index is -1.72. The van der Waals surface area contributed by atoms with Gasteiger partial charge in [0.25, 0.3) is 11.8 Å². The summed E-state index contributed by atoms with van der Waals surface area (Å²) in [5.41, 5.74) is 3.53. The molecule has 3 N–H and O–H groups in total. The van der Waals surface area contributed by atoms with Crippen molar-refractivity contribution in [2.24, 2.45) is 5.73 Å². The zero-order chi connectivity index (χ0) is 14.9. The topological polar surface area (TPSA) is 83.6 Å². The van der Waals surface area contributed by atoms with Gasteiger partial charge in [-0.1, -0.05) is 11.6 Å². The molecule has 1 aromatic carbocycles. The smallest absolute Gasteiger partial charge is 0.254 e. The number of piperidine rings is 1. The number of hydrogen-bond donors (Lipinski definition) is 2. The van der Waals surface area contributed by atoms with Gasteiger partial charge in [-0.2, -0.15) is 0 Å². The van der Waals surface area contributed by atoms with Gasteiger partial charge in [-0.15, -0.1) is 0 Å². The molecule has 1 aliphatic rings. The molecule has 1 aliphatic heterocycles. The van der Waals surface area contributed by atoms with E-state index in [1.165, 1.54) is 17.0 Å². The van der Waals surface area contributed by atoms with Gasteiger partial charge in [0.2, 0.25) is 0 Å². The van der Waals surface area contributed by atoms with E-state index in [2.05, 4.69) is 0 Å². The number of benzene rings is 1. The molecule has 1 aromatic rings. The molecule has 0 saturated carbocycles. The summed E-state index contributed by atoms with van der Waals surface area (Å²) >= 11 is 5.56. The Labute approximate surface area is 120 Å². The van der Waals surface area contributed by atoms with Gasteiger partial charge >= 0.3 is 0 Å². The van der Waals surface area contributed by atoms with Gasteiger partial charge in [0.1, 0.15) is 5.82 Å². The fourth-order valence-electron chi connectivity index (χ4n) is 2.22. The van der Waals surface area contributed by atoms with Crippen LogP contribution in [0.3, 0.4) is 0 Å². The molecular formula is C13H14ClFN2O3. The molecule has 0 aromatic heterocycles. The fourth-order valence-corrected chi connectivity index (χ4v) is 2.34. The normalized spacial score (nSPS) is 22.6. The molecule has 0 spiro atoms. The molecule has 1 fully saturated rings. The summed E-state index contributed by atoms with van der Waals surface area (Å²) < 4.78 is 13.4. The number of aliphatic hydroxyl groups is 1. The van der Waals surface area contributed by atoms with E-state index in [1.54, 1.807) is 0 Å². The minimum Gasteiger partial charge on any atom is -0.378 e. The Hall–Kier alpha value is -1.66. The summed E-state index contributed by atoms with van der Waals surface area (Å²) in [5, 5.41) is 9.97. The van der Waals surface area contributed by atoms with E-state index in [0.29, 0.717) is 13.0 Å². The largest absolute Gasteiger partial charge is 0.378 e. The summed E-state index contributed by atoms with van der Waals surface area (Å²) in [6.07, 6.45) is 0.655. The Kier molecular flexibility index (Phi) is 3.96. The first-order valence-electron chi connectivity index (χ1n) is 6.10.